The van der Waals surface area contributed by atoms with Crippen LogP contribution in [0.1, 0.15) is 16.8 Å². The standard InChI is InChI=1S/C15H17N3OS/c1-10-4-5-12(11(2)8-10)16-9-13-14(19-3)17-15-18(13)6-7-20-15/h4-8,16H,9H2,1-3H3. The third kappa shape index (κ3) is 2.25. The van der Waals surface area contributed by atoms with Crippen molar-refractivity contribution in [2.75, 3.05) is 12.4 Å². The van der Waals surface area contributed by atoms with E-state index in [-0.39, 0.29) is 0 Å². The maximum absolute atomic E-state index is 5.36. The molecule has 0 saturated heterocycles. The summed E-state index contributed by atoms with van der Waals surface area (Å²) in [5.74, 6) is 0.689. The monoisotopic (exact) mass is 287 g/mol. The molecule has 2 aromatic heterocycles. The van der Waals surface area contributed by atoms with E-state index in [1.807, 2.05) is 11.6 Å². The van der Waals surface area contributed by atoms with Gasteiger partial charge in [-0.05, 0) is 25.5 Å². The van der Waals surface area contributed by atoms with Crippen LogP contribution in [-0.2, 0) is 6.54 Å². The van der Waals surface area contributed by atoms with Crippen molar-refractivity contribution in [2.45, 2.75) is 20.4 Å². The van der Waals surface area contributed by atoms with Crippen LogP contribution in [0.15, 0.2) is 29.8 Å². The van der Waals surface area contributed by atoms with Gasteiger partial charge >= 0.3 is 0 Å². The van der Waals surface area contributed by atoms with Gasteiger partial charge in [-0.2, -0.15) is 4.98 Å². The number of hydrogen-bond donors (Lipinski definition) is 1. The van der Waals surface area contributed by atoms with Gasteiger partial charge in [-0.25, -0.2) is 0 Å². The van der Waals surface area contributed by atoms with Gasteiger partial charge in [0.15, 0.2) is 4.96 Å². The van der Waals surface area contributed by atoms with E-state index in [1.54, 1.807) is 18.4 Å². The number of aromatic nitrogens is 2. The second-order valence-electron chi connectivity index (χ2n) is 4.80. The number of aryl methyl sites for hydroxylation is 2. The Morgan fingerprint density at radius 3 is 2.95 bits per heavy atom. The molecule has 1 N–H and O–H groups in total. The third-order valence-corrected chi connectivity index (χ3v) is 4.10. The van der Waals surface area contributed by atoms with Crippen molar-refractivity contribution < 1.29 is 4.74 Å². The molecule has 2 heterocycles. The Morgan fingerprint density at radius 2 is 2.20 bits per heavy atom. The number of hydrogen-bond acceptors (Lipinski definition) is 4. The van der Waals surface area contributed by atoms with Crippen LogP contribution in [0.25, 0.3) is 4.96 Å². The highest BCUT2D eigenvalue weighted by Gasteiger charge is 2.13. The topological polar surface area (TPSA) is 38.6 Å². The summed E-state index contributed by atoms with van der Waals surface area (Å²) in [5, 5.41) is 5.49. The number of ether oxygens (including phenoxy) is 1. The van der Waals surface area contributed by atoms with Crippen LogP contribution >= 0.6 is 11.3 Å². The Hall–Kier alpha value is -2.01. The van der Waals surface area contributed by atoms with Crippen molar-refractivity contribution in [2.24, 2.45) is 0 Å². The molecule has 0 unspecified atom stereocenters. The molecule has 0 fully saturated rings. The van der Waals surface area contributed by atoms with Gasteiger partial charge in [-0.3, -0.25) is 4.40 Å². The Labute approximate surface area is 122 Å². The zero-order valence-electron chi connectivity index (χ0n) is 11.8. The minimum Gasteiger partial charge on any atom is -0.480 e. The molecule has 3 rings (SSSR count). The molecule has 0 bridgehead atoms. The summed E-state index contributed by atoms with van der Waals surface area (Å²) < 4.78 is 7.43. The lowest BCUT2D eigenvalue weighted by atomic mass is 10.1. The fraction of sp³-hybridized carbons (Fsp3) is 0.267. The zero-order chi connectivity index (χ0) is 14.1. The van der Waals surface area contributed by atoms with E-state index in [0.717, 1.165) is 16.3 Å². The summed E-state index contributed by atoms with van der Waals surface area (Å²) in [4.78, 5) is 5.42. The van der Waals surface area contributed by atoms with Crippen LogP contribution < -0.4 is 10.1 Å². The number of methoxy groups -OCH3 is 1. The quantitative estimate of drug-likeness (QED) is 0.796. The Morgan fingerprint density at radius 1 is 1.35 bits per heavy atom. The summed E-state index contributed by atoms with van der Waals surface area (Å²) in [6, 6.07) is 6.41. The van der Waals surface area contributed by atoms with E-state index < -0.39 is 0 Å². The van der Waals surface area contributed by atoms with Crippen molar-refractivity contribution in [3.63, 3.8) is 0 Å². The predicted octanol–water partition coefficient (Wildman–Crippen LogP) is 3.63. The van der Waals surface area contributed by atoms with Crippen molar-refractivity contribution in [1.82, 2.24) is 9.38 Å². The summed E-state index contributed by atoms with van der Waals surface area (Å²) in [7, 11) is 1.66. The molecule has 0 aliphatic rings. The number of nitrogens with zero attached hydrogens (tertiary/aromatic N) is 2. The van der Waals surface area contributed by atoms with Gasteiger partial charge in [0.1, 0.15) is 5.69 Å². The molecule has 0 aliphatic carbocycles. The van der Waals surface area contributed by atoms with Gasteiger partial charge in [-0.15, -0.1) is 11.3 Å². The minimum atomic E-state index is 0.685. The Balaban J connectivity index is 1.87. The normalized spacial score (nSPS) is 10.9. The second kappa shape index (κ2) is 5.17. The largest absolute Gasteiger partial charge is 0.480 e. The maximum Gasteiger partial charge on any atom is 0.238 e. The highest BCUT2D eigenvalue weighted by atomic mass is 32.1. The lowest BCUT2D eigenvalue weighted by Gasteiger charge is -2.10. The summed E-state index contributed by atoms with van der Waals surface area (Å²) >= 11 is 1.61. The zero-order valence-corrected chi connectivity index (χ0v) is 12.6. The van der Waals surface area contributed by atoms with Crippen molar-refractivity contribution >= 4 is 22.0 Å². The van der Waals surface area contributed by atoms with E-state index in [1.165, 1.54) is 11.1 Å². The molecular formula is C15H17N3OS. The van der Waals surface area contributed by atoms with Crippen LogP contribution in [-0.4, -0.2) is 16.5 Å². The first-order chi connectivity index (χ1) is 9.69. The maximum atomic E-state index is 5.36. The molecule has 104 valence electrons. The van der Waals surface area contributed by atoms with Gasteiger partial charge in [0, 0.05) is 17.3 Å². The number of fused-ring (bicyclic) bond motifs is 1. The average Bonchev–Trinajstić information content (AvgIpc) is 2.98. The highest BCUT2D eigenvalue weighted by molar-refractivity contribution is 7.15. The first-order valence-electron chi connectivity index (χ1n) is 6.48. The van der Waals surface area contributed by atoms with Gasteiger partial charge in [-0.1, -0.05) is 17.7 Å². The number of benzene rings is 1. The number of anilines is 1. The average molecular weight is 287 g/mol. The molecular weight excluding hydrogens is 270 g/mol. The van der Waals surface area contributed by atoms with E-state index in [2.05, 4.69) is 46.7 Å². The van der Waals surface area contributed by atoms with Gasteiger partial charge < -0.3 is 10.1 Å². The lowest BCUT2D eigenvalue weighted by Crippen LogP contribution is -2.05. The number of thiazole rings is 1. The molecule has 0 spiro atoms. The molecule has 1 aromatic carbocycles. The van der Waals surface area contributed by atoms with Crippen LogP contribution in [0.3, 0.4) is 0 Å². The van der Waals surface area contributed by atoms with Crippen molar-refractivity contribution in [3.8, 4) is 5.88 Å². The van der Waals surface area contributed by atoms with Gasteiger partial charge in [0.2, 0.25) is 5.88 Å². The SMILES string of the molecule is COc1nc2sccn2c1CNc1ccc(C)cc1C. The molecule has 0 amide bonds. The molecule has 0 aliphatic heterocycles. The van der Waals surface area contributed by atoms with Crippen molar-refractivity contribution in [1.29, 1.82) is 0 Å². The van der Waals surface area contributed by atoms with Crippen LogP contribution in [0.4, 0.5) is 5.69 Å². The lowest BCUT2D eigenvalue weighted by molar-refractivity contribution is 0.395. The van der Waals surface area contributed by atoms with Gasteiger partial charge in [0.25, 0.3) is 0 Å². The summed E-state index contributed by atoms with van der Waals surface area (Å²) in [6.07, 6.45) is 2.02. The van der Waals surface area contributed by atoms with E-state index >= 15 is 0 Å². The predicted molar refractivity (Wildman–Crippen MR) is 82.9 cm³/mol. The van der Waals surface area contributed by atoms with Crippen molar-refractivity contribution in [3.05, 3.63) is 46.6 Å². The molecule has 5 heteroatoms. The molecule has 0 atom stereocenters. The van der Waals surface area contributed by atoms with Gasteiger partial charge in [0.05, 0.1) is 13.7 Å². The first-order valence-corrected chi connectivity index (χ1v) is 7.36. The fourth-order valence-electron chi connectivity index (χ4n) is 2.33. The molecule has 3 aromatic rings. The second-order valence-corrected chi connectivity index (χ2v) is 5.67. The van der Waals surface area contributed by atoms with E-state index in [0.29, 0.717) is 12.4 Å². The van der Waals surface area contributed by atoms with Crippen LogP contribution in [0.5, 0.6) is 5.88 Å². The first kappa shape index (κ1) is 13.0. The number of nitrogens with one attached hydrogen (secondary N) is 1. The molecule has 4 nitrogen and oxygen atoms in total. The van der Waals surface area contributed by atoms with E-state index in [4.69, 9.17) is 4.74 Å². The molecule has 0 radical (unpaired) electrons. The van der Waals surface area contributed by atoms with Crippen LogP contribution in [0.2, 0.25) is 0 Å². The summed E-state index contributed by atoms with van der Waals surface area (Å²) in [5.41, 5.74) is 4.71. The Bertz CT molecular complexity index is 745. The molecule has 20 heavy (non-hydrogen) atoms. The summed E-state index contributed by atoms with van der Waals surface area (Å²) in [6.45, 7) is 4.90. The smallest absolute Gasteiger partial charge is 0.238 e. The highest BCUT2D eigenvalue weighted by Crippen LogP contribution is 2.25. The van der Waals surface area contributed by atoms with E-state index in [9.17, 15) is 0 Å². The number of imidazole rings is 1. The van der Waals surface area contributed by atoms with Crippen LogP contribution in [0, 0.1) is 13.8 Å². The Kier molecular flexibility index (Phi) is 3.36. The number of rotatable bonds is 4. The minimum absolute atomic E-state index is 0.685. The third-order valence-electron chi connectivity index (χ3n) is 3.35. The fourth-order valence-corrected chi connectivity index (χ4v) is 3.05. The molecule has 0 saturated carbocycles.